The van der Waals surface area contributed by atoms with Crippen LogP contribution in [0.1, 0.15) is 17.9 Å². The minimum absolute atomic E-state index is 0.236. The number of rotatable bonds is 4. The van der Waals surface area contributed by atoms with Crippen LogP contribution in [-0.2, 0) is 14.3 Å². The topological polar surface area (TPSA) is 67.2 Å². The Morgan fingerprint density at radius 1 is 1.59 bits per heavy atom. The van der Waals surface area contributed by atoms with Crippen LogP contribution in [0.4, 0.5) is 0 Å². The molecule has 0 aromatic heterocycles. The third-order valence-electron chi connectivity index (χ3n) is 4.38. The molecule has 5 heteroatoms. The van der Waals surface area contributed by atoms with Crippen molar-refractivity contribution in [1.82, 2.24) is 0 Å². The van der Waals surface area contributed by atoms with Crippen molar-refractivity contribution >= 4 is 28.2 Å². The van der Waals surface area contributed by atoms with Crippen molar-refractivity contribution < 1.29 is 14.3 Å². The summed E-state index contributed by atoms with van der Waals surface area (Å²) in [7, 11) is 1.26. The molecule has 0 amide bonds. The number of methoxy groups -OCH3 is 1. The van der Waals surface area contributed by atoms with Gasteiger partial charge in [0, 0.05) is 16.3 Å². The molecule has 1 aromatic carbocycles. The van der Waals surface area contributed by atoms with Crippen molar-refractivity contribution in [2.24, 2.45) is 17.3 Å². The van der Waals surface area contributed by atoms with Crippen LogP contribution in [0.15, 0.2) is 41.4 Å². The number of carbonyl (C=O) groups is 2. The molecule has 114 valence electrons. The first-order chi connectivity index (χ1) is 10.5. The Labute approximate surface area is 137 Å². The summed E-state index contributed by atoms with van der Waals surface area (Å²) >= 11 is 3.39. The molecule has 4 nitrogen and oxygen atoms in total. The molecular weight excluding hydrogens is 346 g/mol. The first-order valence-corrected chi connectivity index (χ1v) is 7.66. The number of carbonyl (C=O) groups excluding carboxylic acids is 2. The molecule has 0 unspecified atom stereocenters. The Balaban J connectivity index is 2.65. The molecule has 1 fully saturated rings. The summed E-state index contributed by atoms with van der Waals surface area (Å²) in [6.45, 7) is 3.74. The van der Waals surface area contributed by atoms with Gasteiger partial charge in [0.25, 0.3) is 0 Å². The van der Waals surface area contributed by atoms with Gasteiger partial charge in [0.05, 0.1) is 13.2 Å². The molecule has 0 radical (unpaired) electrons. The number of halogens is 1. The van der Waals surface area contributed by atoms with E-state index in [1.165, 1.54) is 7.11 Å². The first kappa shape index (κ1) is 16.4. The van der Waals surface area contributed by atoms with E-state index in [1.54, 1.807) is 6.08 Å². The Bertz CT molecular complexity index is 652. The van der Waals surface area contributed by atoms with Gasteiger partial charge in [0.1, 0.15) is 6.29 Å². The van der Waals surface area contributed by atoms with Crippen LogP contribution in [-0.4, -0.2) is 19.4 Å². The van der Waals surface area contributed by atoms with E-state index in [1.807, 2.05) is 24.3 Å². The highest BCUT2D eigenvalue weighted by molar-refractivity contribution is 9.10. The molecule has 1 aliphatic rings. The van der Waals surface area contributed by atoms with Crippen LogP contribution in [0, 0.1) is 28.6 Å². The van der Waals surface area contributed by atoms with Gasteiger partial charge >= 0.3 is 5.97 Å². The highest BCUT2D eigenvalue weighted by atomic mass is 79.9. The number of nitriles is 1. The lowest BCUT2D eigenvalue weighted by Crippen LogP contribution is -2.35. The summed E-state index contributed by atoms with van der Waals surface area (Å²) in [4.78, 5) is 24.0. The van der Waals surface area contributed by atoms with Crippen molar-refractivity contribution in [2.75, 3.05) is 7.11 Å². The zero-order valence-electron chi connectivity index (χ0n) is 12.2. The van der Waals surface area contributed by atoms with Gasteiger partial charge in [0.2, 0.25) is 0 Å². The SMILES string of the molecule is C=C[C@H]1C[C@@](C#N)(C(=O)OC)[C@H](c2cccc(Br)c2)[C@H]1C=O. The van der Waals surface area contributed by atoms with Gasteiger partial charge in [-0.3, -0.25) is 4.79 Å². The van der Waals surface area contributed by atoms with Gasteiger partial charge in [-0.15, -0.1) is 6.58 Å². The summed E-state index contributed by atoms with van der Waals surface area (Å²) in [5.41, 5.74) is -0.609. The third-order valence-corrected chi connectivity index (χ3v) is 4.88. The number of nitrogens with zero attached hydrogens (tertiary/aromatic N) is 1. The maximum atomic E-state index is 12.4. The number of aldehydes is 1. The quantitative estimate of drug-likeness (QED) is 0.469. The third kappa shape index (κ3) is 2.48. The maximum absolute atomic E-state index is 12.4. The second kappa shape index (κ2) is 6.45. The minimum atomic E-state index is -1.38. The molecule has 4 atom stereocenters. The number of esters is 1. The molecule has 0 aliphatic heterocycles. The maximum Gasteiger partial charge on any atom is 0.326 e. The average Bonchev–Trinajstić information content (AvgIpc) is 2.88. The van der Waals surface area contributed by atoms with E-state index in [0.717, 1.165) is 16.3 Å². The molecule has 0 heterocycles. The number of benzene rings is 1. The zero-order chi connectivity index (χ0) is 16.3. The average molecular weight is 362 g/mol. The Morgan fingerprint density at radius 2 is 2.32 bits per heavy atom. The van der Waals surface area contributed by atoms with Crippen molar-refractivity contribution in [1.29, 1.82) is 5.26 Å². The number of hydrogen-bond donors (Lipinski definition) is 0. The predicted octanol–water partition coefficient (Wildman–Crippen LogP) is 3.24. The first-order valence-electron chi connectivity index (χ1n) is 6.87. The van der Waals surface area contributed by atoms with E-state index in [9.17, 15) is 14.9 Å². The van der Waals surface area contributed by atoms with Crippen LogP contribution in [0.5, 0.6) is 0 Å². The summed E-state index contributed by atoms with van der Waals surface area (Å²) in [6, 6.07) is 9.46. The molecular formula is C17H16BrNO3. The van der Waals surface area contributed by atoms with E-state index in [2.05, 4.69) is 28.6 Å². The van der Waals surface area contributed by atoms with E-state index in [4.69, 9.17) is 4.74 Å². The number of hydrogen-bond acceptors (Lipinski definition) is 4. The Hall–Kier alpha value is -1.93. The lowest BCUT2D eigenvalue weighted by Gasteiger charge is -2.28. The Kier molecular flexibility index (Phi) is 4.82. The molecule has 0 saturated heterocycles. The van der Waals surface area contributed by atoms with Gasteiger partial charge in [-0.25, -0.2) is 0 Å². The van der Waals surface area contributed by atoms with Crippen LogP contribution in [0.25, 0.3) is 0 Å². The highest BCUT2D eigenvalue weighted by Crippen LogP contribution is 2.55. The standard InChI is InChI=1S/C17H16BrNO3/c1-3-11-8-17(10-19,16(21)22-2)15(14(11)9-20)12-5-4-6-13(18)7-12/h3-7,9,11,14-15H,1,8H2,2H3/t11-,14-,15+,17-/m0/s1. The molecule has 1 saturated carbocycles. The normalized spacial score (nSPS) is 30.3. The van der Waals surface area contributed by atoms with Crippen LogP contribution in [0.3, 0.4) is 0 Å². The summed E-state index contributed by atoms with van der Waals surface area (Å²) < 4.78 is 5.70. The summed E-state index contributed by atoms with van der Waals surface area (Å²) in [5.74, 6) is -1.87. The van der Waals surface area contributed by atoms with Crippen molar-refractivity contribution in [3.05, 3.63) is 47.0 Å². The molecule has 0 bridgehead atoms. The lowest BCUT2D eigenvalue weighted by molar-refractivity contribution is -0.150. The second-order valence-corrected chi connectivity index (χ2v) is 6.34. The molecule has 22 heavy (non-hydrogen) atoms. The monoisotopic (exact) mass is 361 g/mol. The lowest BCUT2D eigenvalue weighted by atomic mass is 9.73. The van der Waals surface area contributed by atoms with Gasteiger partial charge in [-0.05, 0) is 30.0 Å². The Morgan fingerprint density at radius 3 is 2.82 bits per heavy atom. The molecule has 2 rings (SSSR count). The molecule has 1 aromatic rings. The summed E-state index contributed by atoms with van der Waals surface area (Å²) in [6.07, 6.45) is 2.70. The predicted molar refractivity (Wildman–Crippen MR) is 84.8 cm³/mol. The van der Waals surface area contributed by atoms with Gasteiger partial charge in [-0.1, -0.05) is 34.1 Å². The van der Waals surface area contributed by atoms with Crippen molar-refractivity contribution in [2.45, 2.75) is 12.3 Å². The van der Waals surface area contributed by atoms with Crippen LogP contribution < -0.4 is 0 Å². The van der Waals surface area contributed by atoms with E-state index in [0.29, 0.717) is 0 Å². The molecule has 1 aliphatic carbocycles. The van der Waals surface area contributed by atoms with E-state index in [-0.39, 0.29) is 12.3 Å². The van der Waals surface area contributed by atoms with Gasteiger partial charge in [0.15, 0.2) is 5.41 Å². The smallest absolute Gasteiger partial charge is 0.326 e. The van der Waals surface area contributed by atoms with Crippen molar-refractivity contribution in [3.63, 3.8) is 0 Å². The fraction of sp³-hybridized carbons (Fsp3) is 0.353. The minimum Gasteiger partial charge on any atom is -0.468 e. The summed E-state index contributed by atoms with van der Waals surface area (Å²) in [5, 5.41) is 9.73. The van der Waals surface area contributed by atoms with Gasteiger partial charge < -0.3 is 9.53 Å². The van der Waals surface area contributed by atoms with Gasteiger partial charge in [-0.2, -0.15) is 5.26 Å². The number of allylic oxidation sites excluding steroid dienone is 1. The number of ether oxygens (including phenoxy) is 1. The van der Waals surface area contributed by atoms with Crippen LogP contribution in [0.2, 0.25) is 0 Å². The fourth-order valence-electron chi connectivity index (χ4n) is 3.39. The highest BCUT2D eigenvalue weighted by Gasteiger charge is 2.59. The van der Waals surface area contributed by atoms with E-state index >= 15 is 0 Å². The molecule has 0 N–H and O–H groups in total. The largest absolute Gasteiger partial charge is 0.468 e. The zero-order valence-corrected chi connectivity index (χ0v) is 13.7. The van der Waals surface area contributed by atoms with E-state index < -0.39 is 23.2 Å². The second-order valence-electron chi connectivity index (χ2n) is 5.42. The molecule has 0 spiro atoms. The fourth-order valence-corrected chi connectivity index (χ4v) is 3.81. The van der Waals surface area contributed by atoms with Crippen LogP contribution >= 0.6 is 15.9 Å². The van der Waals surface area contributed by atoms with Crippen molar-refractivity contribution in [3.8, 4) is 6.07 Å².